The average Bonchev–Trinajstić information content (AvgIpc) is 3.14. The lowest BCUT2D eigenvalue weighted by Crippen LogP contribution is -2.41. The van der Waals surface area contributed by atoms with Crippen LogP contribution in [0.3, 0.4) is 0 Å². The molecule has 1 heterocycles. The molecule has 0 saturated carbocycles. The molecule has 1 aromatic heterocycles. The van der Waals surface area contributed by atoms with E-state index in [4.69, 9.17) is 4.42 Å². The van der Waals surface area contributed by atoms with Gasteiger partial charge in [-0.25, -0.2) is 16.8 Å². The van der Waals surface area contributed by atoms with E-state index < -0.39 is 31.9 Å². The lowest BCUT2D eigenvalue weighted by molar-refractivity contribution is -0.139. The molecule has 8 nitrogen and oxygen atoms in total. The Kier molecular flexibility index (Phi) is 6.48. The molecule has 0 radical (unpaired) electrons. The van der Waals surface area contributed by atoms with Crippen molar-refractivity contribution >= 4 is 47.8 Å². The molecule has 0 bridgehead atoms. The van der Waals surface area contributed by atoms with Crippen molar-refractivity contribution in [3.8, 4) is 11.1 Å². The van der Waals surface area contributed by atoms with Crippen LogP contribution in [0.4, 0.5) is 0 Å². The number of rotatable bonds is 8. The second kappa shape index (κ2) is 9.10. The summed E-state index contributed by atoms with van der Waals surface area (Å²) in [5.74, 6) is -1.23. The highest BCUT2D eigenvalue weighted by Gasteiger charge is 2.26. The third kappa shape index (κ3) is 5.24. The Morgan fingerprint density at radius 2 is 1.49 bits per heavy atom. The van der Waals surface area contributed by atoms with Gasteiger partial charge in [-0.05, 0) is 65.9 Å². The van der Waals surface area contributed by atoms with Crippen LogP contribution in [0.1, 0.15) is 20.3 Å². The first kappa shape index (κ1) is 24.9. The van der Waals surface area contributed by atoms with E-state index in [1.165, 1.54) is 12.1 Å². The second-order valence-electron chi connectivity index (χ2n) is 8.91. The summed E-state index contributed by atoms with van der Waals surface area (Å²) in [6.45, 7) is 3.64. The fraction of sp³-hybridized carbons (Fsp3) is 0.240. The molecule has 0 aliphatic heterocycles. The van der Waals surface area contributed by atoms with Crippen molar-refractivity contribution in [3.05, 3.63) is 60.7 Å². The number of carbonyl (C=O) groups is 1. The van der Waals surface area contributed by atoms with Gasteiger partial charge in [0.05, 0.1) is 9.79 Å². The van der Waals surface area contributed by atoms with Gasteiger partial charge in [0.25, 0.3) is 0 Å². The predicted octanol–water partition coefficient (Wildman–Crippen LogP) is 4.43. The minimum atomic E-state index is -4.08. The molecule has 2 N–H and O–H groups in total. The van der Waals surface area contributed by atoms with Gasteiger partial charge in [-0.1, -0.05) is 32.0 Å². The van der Waals surface area contributed by atoms with Crippen LogP contribution in [-0.2, 0) is 24.7 Å². The van der Waals surface area contributed by atoms with Gasteiger partial charge < -0.3 is 9.52 Å². The highest BCUT2D eigenvalue weighted by atomic mass is 32.2. The number of carboxylic acids is 1. The van der Waals surface area contributed by atoms with Crippen LogP contribution in [0, 0.1) is 5.92 Å². The largest absolute Gasteiger partial charge is 0.480 e. The van der Waals surface area contributed by atoms with Crippen LogP contribution in [0.5, 0.6) is 0 Å². The van der Waals surface area contributed by atoms with Crippen LogP contribution < -0.4 is 4.72 Å². The van der Waals surface area contributed by atoms with Gasteiger partial charge in [-0.3, -0.25) is 4.79 Å². The normalized spacial score (nSPS) is 13.5. The van der Waals surface area contributed by atoms with Gasteiger partial charge in [0.2, 0.25) is 10.0 Å². The lowest BCUT2D eigenvalue weighted by atomic mass is 10.0. The Labute approximate surface area is 203 Å². The fourth-order valence-corrected chi connectivity index (χ4v) is 5.78. The summed E-state index contributed by atoms with van der Waals surface area (Å²) >= 11 is 0. The monoisotopic (exact) mass is 515 g/mol. The van der Waals surface area contributed by atoms with E-state index in [9.17, 15) is 26.7 Å². The first-order valence-electron chi connectivity index (χ1n) is 10.9. The summed E-state index contributed by atoms with van der Waals surface area (Å²) in [5, 5.41) is 10.7. The Balaban J connectivity index is 1.70. The first-order valence-corrected chi connectivity index (χ1v) is 14.2. The number of nitrogens with one attached hydrogen (secondary N) is 1. The van der Waals surface area contributed by atoms with Crippen molar-refractivity contribution in [1.29, 1.82) is 0 Å². The summed E-state index contributed by atoms with van der Waals surface area (Å²) in [5.41, 5.74) is 2.64. The van der Waals surface area contributed by atoms with E-state index >= 15 is 0 Å². The zero-order valence-corrected chi connectivity index (χ0v) is 21.0. The number of carboxylic acid groups (broad SMARTS) is 1. The molecular weight excluding hydrogens is 490 g/mol. The smallest absolute Gasteiger partial charge is 0.321 e. The summed E-state index contributed by atoms with van der Waals surface area (Å²) in [6.07, 6.45) is 1.32. The standard InChI is InChI=1S/C25H25NO7S2/c1-15(2)12-22(25(27)28)26-35(31,32)19-9-11-23-21(14-19)20-10-6-17(13-24(20)33-23)16-4-7-18(8-5-16)34(3,29)30/h4-11,13-15,22,26H,12H2,1-3H3,(H,27,28). The van der Waals surface area contributed by atoms with Gasteiger partial charge >= 0.3 is 5.97 Å². The molecule has 4 rings (SSSR count). The minimum Gasteiger partial charge on any atom is -0.480 e. The summed E-state index contributed by atoms with van der Waals surface area (Å²) in [7, 11) is -7.37. The third-order valence-corrected chi connectivity index (χ3v) is 8.27. The molecule has 1 atom stereocenters. The molecule has 184 valence electrons. The predicted molar refractivity (Wildman–Crippen MR) is 133 cm³/mol. The zero-order chi connectivity index (χ0) is 25.5. The molecule has 4 aromatic rings. The van der Waals surface area contributed by atoms with Gasteiger partial charge in [-0.15, -0.1) is 0 Å². The van der Waals surface area contributed by atoms with Crippen LogP contribution in [0.25, 0.3) is 33.1 Å². The van der Waals surface area contributed by atoms with E-state index in [0.717, 1.165) is 17.4 Å². The number of sulfonamides is 1. The third-order valence-electron chi connectivity index (χ3n) is 5.67. The zero-order valence-electron chi connectivity index (χ0n) is 19.3. The van der Waals surface area contributed by atoms with Crippen molar-refractivity contribution in [2.75, 3.05) is 6.26 Å². The number of hydrogen-bond acceptors (Lipinski definition) is 6. The number of benzene rings is 3. The molecule has 10 heteroatoms. The van der Waals surface area contributed by atoms with Crippen molar-refractivity contribution in [3.63, 3.8) is 0 Å². The minimum absolute atomic E-state index is 0.00382. The van der Waals surface area contributed by atoms with E-state index in [2.05, 4.69) is 4.72 Å². The van der Waals surface area contributed by atoms with E-state index in [-0.39, 0.29) is 22.1 Å². The molecule has 0 aliphatic rings. The SMILES string of the molecule is CC(C)CC(NS(=O)(=O)c1ccc2oc3cc(-c4ccc(S(C)(=O)=O)cc4)ccc3c2c1)C(=O)O. The Hall–Kier alpha value is -3.21. The maximum absolute atomic E-state index is 12.9. The van der Waals surface area contributed by atoms with Crippen molar-refractivity contribution in [2.45, 2.75) is 36.1 Å². The number of furan rings is 1. The molecule has 0 fully saturated rings. The molecule has 3 aromatic carbocycles. The molecule has 1 unspecified atom stereocenters. The van der Waals surface area contributed by atoms with Gasteiger partial charge in [0, 0.05) is 17.0 Å². The number of aliphatic carboxylic acids is 1. The Morgan fingerprint density at radius 1 is 0.857 bits per heavy atom. The van der Waals surface area contributed by atoms with Crippen LogP contribution in [-0.4, -0.2) is 40.2 Å². The van der Waals surface area contributed by atoms with Gasteiger partial charge in [-0.2, -0.15) is 4.72 Å². The van der Waals surface area contributed by atoms with Gasteiger partial charge in [0.15, 0.2) is 9.84 Å². The molecule has 0 amide bonds. The van der Waals surface area contributed by atoms with Crippen molar-refractivity contribution < 1.29 is 31.2 Å². The number of hydrogen-bond donors (Lipinski definition) is 2. The summed E-state index contributed by atoms with van der Waals surface area (Å²) in [4.78, 5) is 11.7. The first-order chi connectivity index (χ1) is 16.3. The average molecular weight is 516 g/mol. The maximum Gasteiger partial charge on any atom is 0.321 e. The highest BCUT2D eigenvalue weighted by Crippen LogP contribution is 2.34. The Morgan fingerprint density at radius 3 is 2.09 bits per heavy atom. The van der Waals surface area contributed by atoms with Crippen LogP contribution in [0.2, 0.25) is 0 Å². The van der Waals surface area contributed by atoms with E-state index in [0.29, 0.717) is 21.9 Å². The van der Waals surface area contributed by atoms with Crippen LogP contribution >= 0.6 is 0 Å². The fourth-order valence-electron chi connectivity index (χ4n) is 3.92. The molecule has 0 spiro atoms. The summed E-state index contributed by atoms with van der Waals surface area (Å²) in [6, 6.07) is 15.1. The second-order valence-corrected chi connectivity index (χ2v) is 12.6. The number of sulfone groups is 1. The van der Waals surface area contributed by atoms with Gasteiger partial charge in [0.1, 0.15) is 17.2 Å². The topological polar surface area (TPSA) is 131 Å². The molecular formula is C25H25NO7S2. The number of fused-ring (bicyclic) bond motifs is 3. The lowest BCUT2D eigenvalue weighted by Gasteiger charge is -2.16. The highest BCUT2D eigenvalue weighted by molar-refractivity contribution is 7.90. The maximum atomic E-state index is 12.9. The van der Waals surface area contributed by atoms with E-state index in [1.807, 2.05) is 26.0 Å². The van der Waals surface area contributed by atoms with E-state index in [1.54, 1.807) is 36.4 Å². The summed E-state index contributed by atoms with van der Waals surface area (Å²) < 4.78 is 57.5. The molecule has 35 heavy (non-hydrogen) atoms. The Bertz CT molecular complexity index is 1630. The molecule has 0 saturated heterocycles. The molecule has 0 aliphatic carbocycles. The van der Waals surface area contributed by atoms with Crippen molar-refractivity contribution in [1.82, 2.24) is 4.72 Å². The van der Waals surface area contributed by atoms with Crippen LogP contribution in [0.15, 0.2) is 74.9 Å². The van der Waals surface area contributed by atoms with Crippen molar-refractivity contribution in [2.24, 2.45) is 5.92 Å². The quantitative estimate of drug-likeness (QED) is 0.355.